The van der Waals surface area contributed by atoms with Crippen molar-refractivity contribution >= 4 is 21.4 Å². The third kappa shape index (κ3) is 2.01. The van der Waals surface area contributed by atoms with Crippen LogP contribution in [0.25, 0.3) is 10.1 Å². The average molecular weight is 230 g/mol. The van der Waals surface area contributed by atoms with Gasteiger partial charge in [0.05, 0.1) is 0 Å². The van der Waals surface area contributed by atoms with Gasteiger partial charge in [-0.15, -0.1) is 11.3 Å². The number of fused-ring (bicyclic) bond motifs is 1. The van der Waals surface area contributed by atoms with Crippen LogP contribution in [-0.4, -0.2) is 0 Å². The van der Waals surface area contributed by atoms with Crippen LogP contribution in [0.15, 0.2) is 29.6 Å². The first-order valence-corrected chi connectivity index (χ1v) is 7.26. The Labute approximate surface area is 101 Å². The van der Waals surface area contributed by atoms with E-state index in [0.29, 0.717) is 0 Å². The first-order chi connectivity index (χ1) is 7.93. The van der Waals surface area contributed by atoms with Crippen molar-refractivity contribution in [3.05, 3.63) is 35.2 Å². The number of rotatable bonds is 2. The molecular weight excluding hydrogens is 212 g/mol. The van der Waals surface area contributed by atoms with E-state index >= 15 is 0 Å². The molecule has 3 rings (SSSR count). The summed E-state index contributed by atoms with van der Waals surface area (Å²) in [5.74, 6) is 0.951. The lowest BCUT2D eigenvalue weighted by molar-refractivity contribution is 0.357. The lowest BCUT2D eigenvalue weighted by Crippen LogP contribution is -2.08. The molecule has 84 valence electrons. The Morgan fingerprint density at radius 1 is 1.06 bits per heavy atom. The third-order valence-electron chi connectivity index (χ3n) is 3.79. The Bertz CT molecular complexity index is 463. The molecule has 0 bridgehead atoms. The molecule has 1 aromatic carbocycles. The predicted molar refractivity (Wildman–Crippen MR) is 72.1 cm³/mol. The number of hydrogen-bond donors (Lipinski definition) is 0. The molecule has 1 aliphatic rings. The Kier molecular flexibility index (Phi) is 2.96. The highest BCUT2D eigenvalue weighted by Crippen LogP contribution is 2.32. The smallest absolute Gasteiger partial charge is 0.0345 e. The van der Waals surface area contributed by atoms with Crippen molar-refractivity contribution in [2.24, 2.45) is 5.92 Å². The van der Waals surface area contributed by atoms with Gasteiger partial charge in [0.25, 0.3) is 0 Å². The quantitative estimate of drug-likeness (QED) is 0.679. The summed E-state index contributed by atoms with van der Waals surface area (Å²) in [7, 11) is 0. The minimum absolute atomic E-state index is 0.951. The minimum Gasteiger partial charge on any atom is -0.144 e. The molecule has 1 saturated carbocycles. The summed E-state index contributed by atoms with van der Waals surface area (Å²) in [6.45, 7) is 0. The van der Waals surface area contributed by atoms with E-state index < -0.39 is 0 Å². The molecule has 1 aliphatic carbocycles. The fourth-order valence-electron chi connectivity index (χ4n) is 2.89. The molecule has 0 atom stereocenters. The van der Waals surface area contributed by atoms with E-state index in [1.807, 2.05) is 11.3 Å². The zero-order valence-corrected chi connectivity index (χ0v) is 10.4. The van der Waals surface area contributed by atoms with Crippen LogP contribution in [0.3, 0.4) is 0 Å². The van der Waals surface area contributed by atoms with Crippen LogP contribution in [0.2, 0.25) is 0 Å². The van der Waals surface area contributed by atoms with Gasteiger partial charge in [-0.05, 0) is 34.7 Å². The second-order valence-corrected chi connectivity index (χ2v) is 5.88. The number of thiophene rings is 1. The van der Waals surface area contributed by atoms with Gasteiger partial charge in [0.1, 0.15) is 0 Å². The molecule has 0 aliphatic heterocycles. The van der Waals surface area contributed by atoms with Crippen molar-refractivity contribution in [2.75, 3.05) is 0 Å². The molecule has 1 aromatic heterocycles. The van der Waals surface area contributed by atoms with E-state index in [0.717, 1.165) is 5.92 Å². The molecule has 1 heteroatoms. The predicted octanol–water partition coefficient (Wildman–Crippen LogP) is 5.02. The van der Waals surface area contributed by atoms with Gasteiger partial charge in [0, 0.05) is 4.70 Å². The van der Waals surface area contributed by atoms with E-state index in [1.54, 1.807) is 5.56 Å². The zero-order valence-electron chi connectivity index (χ0n) is 9.61. The maximum Gasteiger partial charge on any atom is 0.0345 e. The molecular formula is C15H18S. The van der Waals surface area contributed by atoms with Crippen molar-refractivity contribution < 1.29 is 0 Å². The Morgan fingerprint density at radius 3 is 2.75 bits per heavy atom. The molecule has 2 aromatic rings. The van der Waals surface area contributed by atoms with Gasteiger partial charge in [0.2, 0.25) is 0 Å². The number of benzene rings is 1. The lowest BCUT2D eigenvalue weighted by atomic mass is 9.85. The van der Waals surface area contributed by atoms with Gasteiger partial charge in [-0.1, -0.05) is 50.3 Å². The average Bonchev–Trinajstić information content (AvgIpc) is 2.74. The van der Waals surface area contributed by atoms with E-state index in [4.69, 9.17) is 0 Å². The van der Waals surface area contributed by atoms with Crippen molar-refractivity contribution in [1.29, 1.82) is 0 Å². The molecule has 1 fully saturated rings. The highest BCUT2D eigenvalue weighted by molar-refractivity contribution is 7.17. The van der Waals surface area contributed by atoms with Crippen molar-refractivity contribution in [3.63, 3.8) is 0 Å². The van der Waals surface area contributed by atoms with E-state index in [9.17, 15) is 0 Å². The minimum atomic E-state index is 0.951. The maximum atomic E-state index is 2.37. The van der Waals surface area contributed by atoms with Gasteiger partial charge in [-0.2, -0.15) is 0 Å². The molecule has 0 N–H and O–H groups in total. The van der Waals surface area contributed by atoms with Gasteiger partial charge >= 0.3 is 0 Å². The van der Waals surface area contributed by atoms with Crippen LogP contribution in [0.1, 0.15) is 37.7 Å². The van der Waals surface area contributed by atoms with Crippen LogP contribution in [-0.2, 0) is 6.42 Å². The lowest BCUT2D eigenvalue weighted by Gasteiger charge is -2.21. The largest absolute Gasteiger partial charge is 0.144 e. The third-order valence-corrected chi connectivity index (χ3v) is 4.81. The van der Waals surface area contributed by atoms with E-state index in [2.05, 4.69) is 29.6 Å². The number of hydrogen-bond acceptors (Lipinski definition) is 1. The zero-order chi connectivity index (χ0) is 10.8. The topological polar surface area (TPSA) is 0 Å². The van der Waals surface area contributed by atoms with Crippen molar-refractivity contribution in [1.82, 2.24) is 0 Å². The normalized spacial score (nSPS) is 18.0. The Hall–Kier alpha value is -0.820. The Morgan fingerprint density at radius 2 is 1.88 bits per heavy atom. The maximum absolute atomic E-state index is 2.37. The molecule has 0 nitrogen and oxygen atoms in total. The first-order valence-electron chi connectivity index (χ1n) is 6.38. The highest BCUT2D eigenvalue weighted by atomic mass is 32.1. The summed E-state index contributed by atoms with van der Waals surface area (Å²) in [5, 5.41) is 3.87. The second-order valence-electron chi connectivity index (χ2n) is 4.97. The van der Waals surface area contributed by atoms with E-state index in [1.165, 1.54) is 48.6 Å². The van der Waals surface area contributed by atoms with Crippen LogP contribution >= 0.6 is 11.3 Å². The summed E-state index contributed by atoms with van der Waals surface area (Å²) in [5.41, 5.74) is 1.59. The van der Waals surface area contributed by atoms with Gasteiger partial charge in [0.15, 0.2) is 0 Å². The van der Waals surface area contributed by atoms with Crippen LogP contribution in [0.4, 0.5) is 0 Å². The molecule has 0 unspecified atom stereocenters. The summed E-state index contributed by atoms with van der Waals surface area (Å²) in [4.78, 5) is 0. The summed E-state index contributed by atoms with van der Waals surface area (Å²) < 4.78 is 1.45. The Balaban J connectivity index is 1.83. The SMILES string of the molecule is c1ccc2c(CC3CCCCC3)csc2c1. The van der Waals surface area contributed by atoms with Gasteiger partial charge in [-0.25, -0.2) is 0 Å². The standard InChI is InChI=1S/C15H18S/c1-2-6-12(7-3-1)10-13-11-16-15-9-5-4-8-14(13)15/h4-5,8-9,11-12H,1-3,6-7,10H2. The highest BCUT2D eigenvalue weighted by Gasteiger charge is 2.15. The summed E-state index contributed by atoms with van der Waals surface area (Å²) in [6.07, 6.45) is 8.57. The molecule has 0 radical (unpaired) electrons. The molecule has 1 heterocycles. The summed E-state index contributed by atoms with van der Waals surface area (Å²) >= 11 is 1.90. The summed E-state index contributed by atoms with van der Waals surface area (Å²) in [6, 6.07) is 8.83. The monoisotopic (exact) mass is 230 g/mol. The van der Waals surface area contributed by atoms with Crippen LogP contribution in [0, 0.1) is 5.92 Å². The van der Waals surface area contributed by atoms with Crippen LogP contribution < -0.4 is 0 Å². The second kappa shape index (κ2) is 4.58. The van der Waals surface area contributed by atoms with Gasteiger partial charge < -0.3 is 0 Å². The van der Waals surface area contributed by atoms with Gasteiger partial charge in [-0.3, -0.25) is 0 Å². The van der Waals surface area contributed by atoms with Crippen LogP contribution in [0.5, 0.6) is 0 Å². The fraction of sp³-hybridized carbons (Fsp3) is 0.467. The molecule has 0 spiro atoms. The molecule has 16 heavy (non-hydrogen) atoms. The van der Waals surface area contributed by atoms with Crippen molar-refractivity contribution in [2.45, 2.75) is 38.5 Å². The first kappa shape index (κ1) is 10.3. The molecule has 0 saturated heterocycles. The molecule has 0 amide bonds. The van der Waals surface area contributed by atoms with Crippen molar-refractivity contribution in [3.8, 4) is 0 Å². The fourth-order valence-corrected chi connectivity index (χ4v) is 3.87. The van der Waals surface area contributed by atoms with E-state index in [-0.39, 0.29) is 0 Å².